The molecule has 3 aliphatic rings. The van der Waals surface area contributed by atoms with E-state index in [0.29, 0.717) is 30.2 Å². The molecule has 0 bridgehead atoms. The summed E-state index contributed by atoms with van der Waals surface area (Å²) in [6.45, 7) is 7.61. The largest absolute Gasteiger partial charge is 0.356 e. The highest BCUT2D eigenvalue weighted by Gasteiger charge is 2.29. The molecule has 1 aromatic rings. The summed E-state index contributed by atoms with van der Waals surface area (Å²) in [5.41, 5.74) is 0.590. The van der Waals surface area contributed by atoms with Crippen LogP contribution in [0.1, 0.15) is 61.7 Å². The van der Waals surface area contributed by atoms with Crippen LogP contribution in [0.25, 0.3) is 0 Å². The third-order valence-electron chi connectivity index (χ3n) is 7.60. The second-order valence-corrected chi connectivity index (χ2v) is 10.4. The molecule has 2 amide bonds. The lowest BCUT2D eigenvalue weighted by Crippen LogP contribution is -2.51. The van der Waals surface area contributed by atoms with E-state index in [1.165, 1.54) is 45.2 Å². The average Bonchev–Trinajstić information content (AvgIpc) is 2.87. The van der Waals surface area contributed by atoms with Crippen LogP contribution in [-0.2, 0) is 4.79 Å². The highest BCUT2D eigenvalue weighted by atomic mass is 35.5. The Bertz CT molecular complexity index is 790. The molecule has 4 rings (SSSR count). The predicted octanol–water partition coefficient (Wildman–Crippen LogP) is 3.65. The van der Waals surface area contributed by atoms with Crippen molar-refractivity contribution < 1.29 is 9.59 Å². The van der Waals surface area contributed by atoms with Gasteiger partial charge >= 0.3 is 0 Å². The molecule has 1 aliphatic carbocycles. The van der Waals surface area contributed by atoms with E-state index in [-0.39, 0.29) is 17.7 Å². The topological polar surface area (TPSA) is 55.9 Å². The number of halogens is 1. The van der Waals surface area contributed by atoms with Crippen molar-refractivity contribution in [3.63, 3.8) is 0 Å². The van der Waals surface area contributed by atoms with Crippen LogP contribution in [0.5, 0.6) is 0 Å². The normalized spacial score (nSPS) is 23.4. The molecule has 2 aliphatic heterocycles. The second kappa shape index (κ2) is 12.2. The minimum atomic E-state index is -0.124. The number of carbonyl (C=O) groups is 2. The first-order valence-electron chi connectivity index (χ1n) is 12.9. The molecule has 6 nitrogen and oxygen atoms in total. The van der Waals surface area contributed by atoms with Crippen LogP contribution in [0.3, 0.4) is 0 Å². The predicted molar refractivity (Wildman–Crippen MR) is 133 cm³/mol. The minimum Gasteiger partial charge on any atom is -0.356 e. The summed E-state index contributed by atoms with van der Waals surface area (Å²) >= 11 is 6.04. The van der Waals surface area contributed by atoms with Crippen molar-refractivity contribution in [1.29, 1.82) is 0 Å². The molecule has 1 saturated carbocycles. The molecule has 33 heavy (non-hydrogen) atoms. The lowest BCUT2D eigenvalue weighted by atomic mass is 9.94. The summed E-state index contributed by atoms with van der Waals surface area (Å²) in [6, 6.07) is 7.86. The number of nitrogens with zero attached hydrogens (tertiary/aromatic N) is 3. The number of carbonyl (C=O) groups excluding carboxylic acids is 2. The van der Waals surface area contributed by atoms with Crippen molar-refractivity contribution >= 4 is 23.4 Å². The summed E-state index contributed by atoms with van der Waals surface area (Å²) in [5, 5.41) is 3.68. The van der Waals surface area contributed by atoms with Crippen molar-refractivity contribution in [2.24, 2.45) is 5.92 Å². The molecule has 1 aromatic carbocycles. The molecule has 0 spiro atoms. The number of piperidine rings is 1. The Morgan fingerprint density at radius 2 is 1.76 bits per heavy atom. The molecule has 0 radical (unpaired) electrons. The van der Waals surface area contributed by atoms with E-state index >= 15 is 0 Å². The smallest absolute Gasteiger partial charge is 0.253 e. The van der Waals surface area contributed by atoms with Gasteiger partial charge in [0, 0.05) is 62.4 Å². The maximum Gasteiger partial charge on any atom is 0.253 e. The highest BCUT2D eigenvalue weighted by Crippen LogP contribution is 2.24. The van der Waals surface area contributed by atoms with Crippen molar-refractivity contribution in [3.8, 4) is 0 Å². The van der Waals surface area contributed by atoms with Crippen LogP contribution in [0, 0.1) is 5.92 Å². The monoisotopic (exact) mass is 474 g/mol. The fraction of sp³-hybridized carbons (Fsp3) is 0.692. The Balaban J connectivity index is 1.13. The van der Waals surface area contributed by atoms with Crippen LogP contribution in [0.15, 0.2) is 24.3 Å². The average molecular weight is 475 g/mol. The van der Waals surface area contributed by atoms with E-state index in [1.807, 2.05) is 0 Å². The van der Waals surface area contributed by atoms with Gasteiger partial charge in [0.1, 0.15) is 0 Å². The number of hydrogen-bond acceptors (Lipinski definition) is 4. The first-order chi connectivity index (χ1) is 16.1. The van der Waals surface area contributed by atoms with Crippen molar-refractivity contribution in [2.45, 2.75) is 57.4 Å². The minimum absolute atomic E-state index is 0.0395. The molecule has 2 heterocycles. The molecular formula is C26H39ClN4O2. The fourth-order valence-corrected chi connectivity index (χ4v) is 5.83. The molecular weight excluding hydrogens is 436 g/mol. The highest BCUT2D eigenvalue weighted by molar-refractivity contribution is 6.30. The van der Waals surface area contributed by atoms with Gasteiger partial charge in [0.25, 0.3) is 5.91 Å². The van der Waals surface area contributed by atoms with Gasteiger partial charge < -0.3 is 15.1 Å². The molecule has 7 heteroatoms. The van der Waals surface area contributed by atoms with E-state index < -0.39 is 0 Å². The third kappa shape index (κ3) is 6.93. The number of rotatable bonds is 7. The maximum absolute atomic E-state index is 12.8. The number of benzene rings is 1. The van der Waals surface area contributed by atoms with Crippen molar-refractivity contribution in [3.05, 3.63) is 34.9 Å². The van der Waals surface area contributed by atoms with Gasteiger partial charge in [-0.25, -0.2) is 0 Å². The zero-order chi connectivity index (χ0) is 23.0. The Labute approximate surface area is 203 Å². The molecule has 182 valence electrons. The van der Waals surface area contributed by atoms with Crippen LogP contribution in [-0.4, -0.2) is 84.9 Å². The fourth-order valence-electron chi connectivity index (χ4n) is 5.64. The van der Waals surface area contributed by atoms with E-state index in [0.717, 1.165) is 44.9 Å². The maximum atomic E-state index is 12.8. The van der Waals surface area contributed by atoms with Gasteiger partial charge in [-0.2, -0.15) is 0 Å². The van der Waals surface area contributed by atoms with E-state index in [4.69, 9.17) is 11.6 Å². The molecule has 3 fully saturated rings. The number of piperazine rings is 1. The summed E-state index contributed by atoms with van der Waals surface area (Å²) in [4.78, 5) is 32.6. The molecule has 0 aromatic heterocycles. The molecule has 1 N–H and O–H groups in total. The number of likely N-dealkylation sites (tertiary alicyclic amines) is 1. The lowest BCUT2D eigenvalue weighted by molar-refractivity contribution is -0.126. The lowest BCUT2D eigenvalue weighted by Gasteiger charge is -2.40. The first-order valence-corrected chi connectivity index (χ1v) is 13.3. The first kappa shape index (κ1) is 24.5. The Morgan fingerprint density at radius 3 is 2.52 bits per heavy atom. The standard InChI is InChI=1S/C26H39ClN4O2/c27-23-9-4-7-21(19-23)26(33)31-14-5-8-22(20-31)25(32)28-12-6-13-29-15-17-30(18-16-29)24-10-2-1-3-11-24/h4,7,9,19,22,24H,1-3,5-6,8,10-18,20H2,(H,28,32). The van der Waals surface area contributed by atoms with E-state index in [2.05, 4.69) is 15.1 Å². The zero-order valence-corrected chi connectivity index (χ0v) is 20.6. The van der Waals surface area contributed by atoms with Crippen molar-refractivity contribution in [2.75, 3.05) is 52.4 Å². The SMILES string of the molecule is O=C(NCCCN1CCN(C2CCCCC2)CC1)C1CCCN(C(=O)c2cccc(Cl)c2)C1. The third-order valence-corrected chi connectivity index (χ3v) is 7.83. The Kier molecular flexibility index (Phi) is 9.04. The van der Waals surface area contributed by atoms with Gasteiger partial charge in [-0.3, -0.25) is 14.5 Å². The van der Waals surface area contributed by atoms with E-state index in [9.17, 15) is 9.59 Å². The van der Waals surface area contributed by atoms with Crippen LogP contribution >= 0.6 is 11.6 Å². The quantitative estimate of drug-likeness (QED) is 0.613. The van der Waals surface area contributed by atoms with E-state index in [1.54, 1.807) is 29.2 Å². The van der Waals surface area contributed by atoms with Crippen molar-refractivity contribution in [1.82, 2.24) is 20.0 Å². The van der Waals surface area contributed by atoms with Crippen LogP contribution < -0.4 is 5.32 Å². The number of nitrogens with one attached hydrogen (secondary N) is 1. The number of amides is 2. The van der Waals surface area contributed by atoms with Gasteiger partial charge in [-0.15, -0.1) is 0 Å². The van der Waals surface area contributed by atoms with Gasteiger partial charge in [-0.05, 0) is 56.8 Å². The van der Waals surface area contributed by atoms with Crippen LogP contribution in [0.4, 0.5) is 0 Å². The summed E-state index contributed by atoms with van der Waals surface area (Å²) < 4.78 is 0. The summed E-state index contributed by atoms with van der Waals surface area (Å²) in [5.74, 6) is -0.0796. The molecule has 1 unspecified atom stereocenters. The molecule has 1 atom stereocenters. The van der Waals surface area contributed by atoms with Crippen LogP contribution in [0.2, 0.25) is 5.02 Å². The Hall–Kier alpha value is -1.63. The Morgan fingerprint density at radius 1 is 0.970 bits per heavy atom. The summed E-state index contributed by atoms with van der Waals surface area (Å²) in [6.07, 6.45) is 9.66. The van der Waals surface area contributed by atoms with Gasteiger partial charge in [0.2, 0.25) is 5.91 Å². The molecule has 2 saturated heterocycles. The van der Waals surface area contributed by atoms with Gasteiger partial charge in [0.15, 0.2) is 0 Å². The summed E-state index contributed by atoms with van der Waals surface area (Å²) in [7, 11) is 0. The number of hydrogen-bond donors (Lipinski definition) is 1. The second-order valence-electron chi connectivity index (χ2n) is 9.91. The van der Waals surface area contributed by atoms with Gasteiger partial charge in [0.05, 0.1) is 5.92 Å². The van der Waals surface area contributed by atoms with Gasteiger partial charge in [-0.1, -0.05) is 36.9 Å². The zero-order valence-electron chi connectivity index (χ0n) is 19.8.